The number of aromatic nitrogens is 1. The van der Waals surface area contributed by atoms with Crippen molar-refractivity contribution in [2.45, 2.75) is 25.3 Å². The minimum Gasteiger partial charge on any atom is -0.490 e. The largest absolute Gasteiger partial charge is 0.490 e. The summed E-state index contributed by atoms with van der Waals surface area (Å²) in [5.74, 6) is 0.840. The maximum absolute atomic E-state index is 5.90. The molecule has 1 aliphatic carbocycles. The number of likely N-dealkylation sites (N-methyl/N-ethyl adjacent to an activating group) is 1. The van der Waals surface area contributed by atoms with Crippen molar-refractivity contribution in [3.8, 4) is 16.9 Å². The molecule has 0 aliphatic heterocycles. The first-order valence-electron chi connectivity index (χ1n) is 7.05. The van der Waals surface area contributed by atoms with E-state index < -0.39 is 0 Å². The van der Waals surface area contributed by atoms with Crippen molar-refractivity contribution in [2.24, 2.45) is 0 Å². The molecule has 1 aliphatic rings. The molecule has 1 aromatic carbocycles. The smallest absolute Gasteiger partial charge is 0.138 e. The summed E-state index contributed by atoms with van der Waals surface area (Å²) < 4.78 is 5.90. The zero-order valence-electron chi connectivity index (χ0n) is 12.8. The quantitative estimate of drug-likeness (QED) is 0.892. The molecule has 1 heterocycles. The van der Waals surface area contributed by atoms with Crippen molar-refractivity contribution in [3.63, 3.8) is 0 Å². The van der Waals surface area contributed by atoms with Gasteiger partial charge in [0, 0.05) is 11.8 Å². The number of nitrogens with zero attached hydrogens (tertiary/aromatic N) is 1. The van der Waals surface area contributed by atoms with Gasteiger partial charge in [0.15, 0.2) is 0 Å². The minimum atomic E-state index is 0. The summed E-state index contributed by atoms with van der Waals surface area (Å²) in [7, 11) is 2.00. The molecule has 1 saturated carbocycles. The molecule has 0 bridgehead atoms. The van der Waals surface area contributed by atoms with Gasteiger partial charge in [-0.25, -0.2) is 0 Å². The first-order valence-corrected chi connectivity index (χ1v) is 7.05. The number of benzene rings is 1. The van der Waals surface area contributed by atoms with Gasteiger partial charge in [0.2, 0.25) is 0 Å². The van der Waals surface area contributed by atoms with Gasteiger partial charge in [-0.15, -0.1) is 24.8 Å². The molecular weight excluding hydrogens is 319 g/mol. The van der Waals surface area contributed by atoms with Crippen molar-refractivity contribution >= 4 is 24.8 Å². The Bertz CT molecular complexity index is 615. The van der Waals surface area contributed by atoms with Crippen LogP contribution in [0.2, 0.25) is 0 Å². The van der Waals surface area contributed by atoms with E-state index in [9.17, 15) is 0 Å². The topological polar surface area (TPSA) is 34.1 Å². The number of pyridine rings is 1. The molecule has 3 nitrogen and oxygen atoms in total. The number of nitrogens with one attached hydrogen (secondary N) is 1. The van der Waals surface area contributed by atoms with Crippen LogP contribution in [0, 0.1) is 6.92 Å². The summed E-state index contributed by atoms with van der Waals surface area (Å²) in [6.45, 7) is 2.82. The van der Waals surface area contributed by atoms with Crippen molar-refractivity contribution in [2.75, 3.05) is 13.7 Å². The Morgan fingerprint density at radius 3 is 2.55 bits per heavy atom. The van der Waals surface area contributed by atoms with E-state index in [1.54, 1.807) is 6.20 Å². The number of ether oxygens (including phenoxy) is 1. The van der Waals surface area contributed by atoms with Gasteiger partial charge in [0.25, 0.3) is 0 Å². The van der Waals surface area contributed by atoms with Crippen LogP contribution in [0.1, 0.15) is 18.4 Å². The molecule has 1 N–H and O–H groups in total. The van der Waals surface area contributed by atoms with Gasteiger partial charge in [-0.05, 0) is 44.0 Å². The highest BCUT2D eigenvalue weighted by molar-refractivity contribution is 5.85. The Labute approximate surface area is 144 Å². The van der Waals surface area contributed by atoms with E-state index in [-0.39, 0.29) is 30.4 Å². The number of hydrogen-bond acceptors (Lipinski definition) is 3. The molecule has 0 spiro atoms. The molecular formula is C17H22Cl2N2O. The third-order valence-electron chi connectivity index (χ3n) is 4.07. The van der Waals surface area contributed by atoms with Crippen LogP contribution in [-0.4, -0.2) is 24.2 Å². The van der Waals surface area contributed by atoms with Gasteiger partial charge in [-0.1, -0.05) is 24.3 Å². The number of rotatable bonds is 5. The lowest BCUT2D eigenvalue weighted by Crippen LogP contribution is -2.33. The molecule has 0 unspecified atom stereocenters. The third kappa shape index (κ3) is 4.13. The molecule has 120 valence electrons. The molecule has 3 rings (SSSR count). The molecule has 22 heavy (non-hydrogen) atoms. The van der Waals surface area contributed by atoms with Crippen LogP contribution >= 0.6 is 24.8 Å². The summed E-state index contributed by atoms with van der Waals surface area (Å²) in [6.07, 6.45) is 6.05. The fourth-order valence-electron chi connectivity index (χ4n) is 2.38. The SMILES string of the molecule is CNC1(COc2cncc(-c3ccccc3C)c2)CC1.Cl.Cl. The number of hydrogen-bond donors (Lipinski definition) is 1. The zero-order chi connectivity index (χ0) is 14.0. The third-order valence-corrected chi connectivity index (χ3v) is 4.07. The van der Waals surface area contributed by atoms with Gasteiger partial charge in [-0.2, -0.15) is 0 Å². The van der Waals surface area contributed by atoms with Gasteiger partial charge >= 0.3 is 0 Å². The lowest BCUT2D eigenvalue weighted by Gasteiger charge is -2.15. The molecule has 0 radical (unpaired) electrons. The fourth-order valence-corrected chi connectivity index (χ4v) is 2.38. The van der Waals surface area contributed by atoms with Crippen molar-refractivity contribution in [1.82, 2.24) is 10.3 Å². The van der Waals surface area contributed by atoms with Crippen molar-refractivity contribution < 1.29 is 4.74 Å². The average Bonchev–Trinajstić information content (AvgIpc) is 3.27. The van der Waals surface area contributed by atoms with Crippen LogP contribution in [0.3, 0.4) is 0 Å². The van der Waals surface area contributed by atoms with E-state index in [2.05, 4.69) is 47.6 Å². The second-order valence-electron chi connectivity index (χ2n) is 5.54. The Kier molecular flexibility index (Phi) is 6.66. The predicted octanol–water partition coefficient (Wildman–Crippen LogP) is 4.03. The van der Waals surface area contributed by atoms with E-state index >= 15 is 0 Å². The Morgan fingerprint density at radius 2 is 1.91 bits per heavy atom. The van der Waals surface area contributed by atoms with Crippen molar-refractivity contribution in [1.29, 1.82) is 0 Å². The van der Waals surface area contributed by atoms with Crippen LogP contribution in [0.5, 0.6) is 5.75 Å². The van der Waals surface area contributed by atoms with Gasteiger partial charge in [0.1, 0.15) is 12.4 Å². The van der Waals surface area contributed by atoms with Gasteiger partial charge < -0.3 is 10.1 Å². The molecule has 2 aromatic rings. The molecule has 1 aromatic heterocycles. The maximum atomic E-state index is 5.90. The first kappa shape index (κ1) is 18.8. The highest BCUT2D eigenvalue weighted by Crippen LogP contribution is 2.35. The second kappa shape index (κ2) is 7.82. The highest BCUT2D eigenvalue weighted by Gasteiger charge is 2.41. The second-order valence-corrected chi connectivity index (χ2v) is 5.54. The van der Waals surface area contributed by atoms with E-state index in [1.807, 2.05) is 13.2 Å². The van der Waals surface area contributed by atoms with Gasteiger partial charge in [-0.3, -0.25) is 4.98 Å². The summed E-state index contributed by atoms with van der Waals surface area (Å²) in [5, 5.41) is 3.33. The molecule has 0 amide bonds. The van der Waals surface area contributed by atoms with Crippen LogP contribution in [0.15, 0.2) is 42.7 Å². The lowest BCUT2D eigenvalue weighted by molar-refractivity contribution is 0.259. The summed E-state index contributed by atoms with van der Waals surface area (Å²) in [5.41, 5.74) is 3.76. The predicted molar refractivity (Wildman–Crippen MR) is 95.4 cm³/mol. The molecule has 0 atom stereocenters. The van der Waals surface area contributed by atoms with E-state index in [4.69, 9.17) is 4.74 Å². The first-order chi connectivity index (χ1) is 9.72. The number of aryl methyl sites for hydroxylation is 1. The Balaban J connectivity index is 0.00000121. The Morgan fingerprint density at radius 1 is 1.18 bits per heavy atom. The fraction of sp³-hybridized carbons (Fsp3) is 0.353. The van der Waals surface area contributed by atoms with E-state index in [0.717, 1.165) is 11.3 Å². The molecule has 0 saturated heterocycles. The molecule has 5 heteroatoms. The minimum absolute atomic E-state index is 0. The summed E-state index contributed by atoms with van der Waals surface area (Å²) >= 11 is 0. The van der Waals surface area contributed by atoms with E-state index in [0.29, 0.717) is 6.61 Å². The van der Waals surface area contributed by atoms with Crippen LogP contribution < -0.4 is 10.1 Å². The summed E-state index contributed by atoms with van der Waals surface area (Å²) in [6, 6.07) is 10.4. The standard InChI is InChI=1S/C17H20N2O.2ClH/c1-13-5-3-4-6-16(13)14-9-15(11-19-10-14)20-12-17(18-2)7-8-17;;/h3-6,9-11,18H,7-8,12H2,1-2H3;2*1H. The summed E-state index contributed by atoms with van der Waals surface area (Å²) in [4.78, 5) is 4.30. The van der Waals surface area contributed by atoms with Crippen molar-refractivity contribution in [3.05, 3.63) is 48.3 Å². The van der Waals surface area contributed by atoms with Crippen LogP contribution in [0.4, 0.5) is 0 Å². The monoisotopic (exact) mass is 340 g/mol. The van der Waals surface area contributed by atoms with Crippen LogP contribution in [0.25, 0.3) is 11.1 Å². The number of halogens is 2. The average molecular weight is 341 g/mol. The normalized spacial score (nSPS) is 14.5. The lowest BCUT2D eigenvalue weighted by atomic mass is 10.0. The van der Waals surface area contributed by atoms with Gasteiger partial charge in [0.05, 0.1) is 11.7 Å². The zero-order valence-corrected chi connectivity index (χ0v) is 14.5. The molecule has 1 fully saturated rings. The maximum Gasteiger partial charge on any atom is 0.138 e. The highest BCUT2D eigenvalue weighted by atomic mass is 35.5. The Hall–Kier alpha value is -1.29. The van der Waals surface area contributed by atoms with E-state index in [1.165, 1.54) is 24.0 Å². The van der Waals surface area contributed by atoms with Crippen LogP contribution in [-0.2, 0) is 0 Å².